The molecule has 3 aromatic rings. The molecule has 1 N–H and O–H groups in total. The number of methoxy groups -OCH3 is 1. The number of benzene rings is 3. The maximum atomic E-state index is 13.3. The van der Waals surface area contributed by atoms with Crippen LogP contribution in [0.2, 0.25) is 0 Å². The number of halogens is 2. The van der Waals surface area contributed by atoms with Gasteiger partial charge in [0.05, 0.1) is 12.5 Å². The SMILES string of the molecule is COc1ccc(-c2ccc(NC(=O)C3(c4ccc5c(c4)OC(F)(F)O5)CC3)cc2C)cc1. The number of amides is 1. The Morgan fingerprint density at radius 2 is 1.69 bits per heavy atom. The molecule has 164 valence electrons. The van der Waals surface area contributed by atoms with Crippen molar-refractivity contribution in [3.05, 3.63) is 71.8 Å². The number of hydrogen-bond donors (Lipinski definition) is 1. The largest absolute Gasteiger partial charge is 0.586 e. The minimum absolute atomic E-state index is 0.0281. The van der Waals surface area contributed by atoms with E-state index in [9.17, 15) is 13.6 Å². The van der Waals surface area contributed by atoms with Crippen LogP contribution in [-0.2, 0) is 10.2 Å². The van der Waals surface area contributed by atoms with Crippen molar-refractivity contribution >= 4 is 11.6 Å². The second-order valence-corrected chi connectivity index (χ2v) is 8.12. The standard InChI is InChI=1S/C25H21F2NO4/c1-15-13-18(6-9-20(15)16-3-7-19(30-2)8-4-16)28-23(29)24(11-12-24)17-5-10-21-22(14-17)32-25(26,27)31-21/h3-10,13-14H,11-12H2,1-2H3,(H,28,29). The van der Waals surface area contributed by atoms with Crippen LogP contribution in [0.1, 0.15) is 24.0 Å². The molecule has 2 aliphatic rings. The van der Waals surface area contributed by atoms with E-state index in [-0.39, 0.29) is 17.4 Å². The van der Waals surface area contributed by atoms with Gasteiger partial charge in [-0.2, -0.15) is 0 Å². The van der Waals surface area contributed by atoms with E-state index < -0.39 is 11.7 Å². The Balaban J connectivity index is 1.34. The normalized spacial score (nSPS) is 17.0. The Bertz CT molecular complexity index is 1200. The molecule has 0 spiro atoms. The van der Waals surface area contributed by atoms with Crippen LogP contribution in [0.25, 0.3) is 11.1 Å². The molecule has 3 aromatic carbocycles. The Kier molecular flexibility index (Phi) is 4.58. The molecule has 1 fully saturated rings. The first kappa shape index (κ1) is 20.3. The fraction of sp³-hybridized carbons (Fsp3) is 0.240. The molecular formula is C25H21F2NO4. The summed E-state index contributed by atoms with van der Waals surface area (Å²) >= 11 is 0. The molecule has 7 heteroatoms. The highest BCUT2D eigenvalue weighted by Crippen LogP contribution is 2.52. The van der Waals surface area contributed by atoms with Crippen LogP contribution in [0.15, 0.2) is 60.7 Å². The van der Waals surface area contributed by atoms with Gasteiger partial charge in [0.1, 0.15) is 5.75 Å². The third kappa shape index (κ3) is 3.53. The molecule has 32 heavy (non-hydrogen) atoms. The fourth-order valence-electron chi connectivity index (χ4n) is 4.11. The van der Waals surface area contributed by atoms with Gasteiger partial charge in [0.25, 0.3) is 0 Å². The first-order chi connectivity index (χ1) is 15.3. The lowest BCUT2D eigenvalue weighted by Gasteiger charge is -2.17. The number of nitrogens with one attached hydrogen (secondary N) is 1. The van der Waals surface area contributed by atoms with Gasteiger partial charge in [0.2, 0.25) is 5.91 Å². The van der Waals surface area contributed by atoms with E-state index in [1.807, 2.05) is 49.4 Å². The van der Waals surface area contributed by atoms with Crippen molar-refractivity contribution < 1.29 is 27.8 Å². The van der Waals surface area contributed by atoms with Crippen molar-refractivity contribution in [2.24, 2.45) is 0 Å². The lowest BCUT2D eigenvalue weighted by Crippen LogP contribution is -2.28. The topological polar surface area (TPSA) is 56.8 Å². The number of aryl methyl sites for hydroxylation is 1. The van der Waals surface area contributed by atoms with Crippen molar-refractivity contribution in [2.45, 2.75) is 31.5 Å². The number of alkyl halides is 2. The Morgan fingerprint density at radius 3 is 2.34 bits per heavy atom. The van der Waals surface area contributed by atoms with Gasteiger partial charge in [-0.1, -0.05) is 24.3 Å². The van der Waals surface area contributed by atoms with E-state index in [4.69, 9.17) is 4.74 Å². The van der Waals surface area contributed by atoms with Gasteiger partial charge in [-0.15, -0.1) is 8.78 Å². The zero-order chi connectivity index (χ0) is 22.5. The number of carbonyl (C=O) groups is 1. The zero-order valence-corrected chi connectivity index (χ0v) is 17.6. The maximum Gasteiger partial charge on any atom is 0.586 e. The second-order valence-electron chi connectivity index (χ2n) is 8.12. The number of carbonyl (C=O) groups excluding carboxylic acids is 1. The molecule has 1 saturated carbocycles. The third-order valence-electron chi connectivity index (χ3n) is 6.02. The molecule has 1 heterocycles. The van der Waals surface area contributed by atoms with Gasteiger partial charge < -0.3 is 19.5 Å². The average molecular weight is 437 g/mol. The van der Waals surface area contributed by atoms with Gasteiger partial charge in [-0.3, -0.25) is 4.79 Å². The molecule has 5 nitrogen and oxygen atoms in total. The number of anilines is 1. The Labute approximate surface area is 183 Å². The third-order valence-corrected chi connectivity index (χ3v) is 6.02. The molecule has 1 aliphatic heterocycles. The van der Waals surface area contributed by atoms with Crippen LogP contribution >= 0.6 is 0 Å². The molecule has 1 amide bonds. The monoisotopic (exact) mass is 437 g/mol. The molecule has 0 aromatic heterocycles. The van der Waals surface area contributed by atoms with E-state index in [2.05, 4.69) is 14.8 Å². The highest BCUT2D eigenvalue weighted by molar-refractivity contribution is 6.01. The van der Waals surface area contributed by atoms with Crippen molar-refractivity contribution in [1.82, 2.24) is 0 Å². The molecule has 1 aliphatic carbocycles. The average Bonchev–Trinajstić information content (AvgIpc) is 3.51. The van der Waals surface area contributed by atoms with Crippen LogP contribution in [0.3, 0.4) is 0 Å². The predicted molar refractivity (Wildman–Crippen MR) is 115 cm³/mol. The summed E-state index contributed by atoms with van der Waals surface area (Å²) < 4.78 is 40.9. The van der Waals surface area contributed by atoms with E-state index >= 15 is 0 Å². The summed E-state index contributed by atoms with van der Waals surface area (Å²) in [7, 11) is 1.63. The van der Waals surface area contributed by atoms with Gasteiger partial charge in [-0.25, -0.2) is 0 Å². The Hall–Kier alpha value is -3.61. The first-order valence-electron chi connectivity index (χ1n) is 10.3. The lowest BCUT2D eigenvalue weighted by atomic mass is 9.94. The highest BCUT2D eigenvalue weighted by Gasteiger charge is 2.52. The maximum absolute atomic E-state index is 13.3. The molecule has 5 rings (SSSR count). The number of hydrogen-bond acceptors (Lipinski definition) is 4. The van der Waals surface area contributed by atoms with Crippen LogP contribution in [0, 0.1) is 6.92 Å². The highest BCUT2D eigenvalue weighted by atomic mass is 19.3. The molecular weight excluding hydrogens is 416 g/mol. The summed E-state index contributed by atoms with van der Waals surface area (Å²) in [6, 6.07) is 18.1. The van der Waals surface area contributed by atoms with Crippen LogP contribution < -0.4 is 19.5 Å². The summed E-state index contributed by atoms with van der Waals surface area (Å²) in [5.74, 6) is 0.544. The van der Waals surface area contributed by atoms with E-state index in [1.54, 1.807) is 13.2 Å². The van der Waals surface area contributed by atoms with Crippen molar-refractivity contribution in [2.75, 3.05) is 12.4 Å². The van der Waals surface area contributed by atoms with E-state index in [0.717, 1.165) is 22.4 Å². The molecule has 0 bridgehead atoms. The number of rotatable bonds is 5. The van der Waals surface area contributed by atoms with Crippen molar-refractivity contribution in [3.8, 4) is 28.4 Å². The van der Waals surface area contributed by atoms with Gasteiger partial charge in [0, 0.05) is 5.69 Å². The van der Waals surface area contributed by atoms with Gasteiger partial charge >= 0.3 is 6.29 Å². The fourth-order valence-corrected chi connectivity index (χ4v) is 4.11. The molecule has 0 saturated heterocycles. The van der Waals surface area contributed by atoms with Gasteiger partial charge in [-0.05, 0) is 78.4 Å². The number of ether oxygens (including phenoxy) is 3. The predicted octanol–water partition coefficient (Wildman–Crippen LogP) is 5.66. The molecule has 0 unspecified atom stereocenters. The Morgan fingerprint density at radius 1 is 0.969 bits per heavy atom. The zero-order valence-electron chi connectivity index (χ0n) is 17.6. The summed E-state index contributed by atoms with van der Waals surface area (Å²) in [6.45, 7) is 1.99. The van der Waals surface area contributed by atoms with Gasteiger partial charge in [0.15, 0.2) is 11.5 Å². The summed E-state index contributed by atoms with van der Waals surface area (Å²) in [6.07, 6.45) is -2.40. The lowest BCUT2D eigenvalue weighted by molar-refractivity contribution is -0.286. The van der Waals surface area contributed by atoms with Crippen LogP contribution in [-0.4, -0.2) is 19.3 Å². The smallest absolute Gasteiger partial charge is 0.497 e. The van der Waals surface area contributed by atoms with Crippen molar-refractivity contribution in [3.63, 3.8) is 0 Å². The summed E-state index contributed by atoms with van der Waals surface area (Å²) in [5.41, 5.74) is 3.70. The minimum atomic E-state index is -3.68. The first-order valence-corrected chi connectivity index (χ1v) is 10.3. The quantitative estimate of drug-likeness (QED) is 0.559. The summed E-state index contributed by atoms with van der Waals surface area (Å²) in [4.78, 5) is 13.1. The number of fused-ring (bicyclic) bond motifs is 1. The van der Waals surface area contributed by atoms with Crippen LogP contribution in [0.5, 0.6) is 17.2 Å². The van der Waals surface area contributed by atoms with E-state index in [0.29, 0.717) is 24.1 Å². The minimum Gasteiger partial charge on any atom is -0.497 e. The molecule has 0 radical (unpaired) electrons. The molecule has 0 atom stereocenters. The van der Waals surface area contributed by atoms with E-state index in [1.165, 1.54) is 12.1 Å². The van der Waals surface area contributed by atoms with Crippen LogP contribution in [0.4, 0.5) is 14.5 Å². The summed E-state index contributed by atoms with van der Waals surface area (Å²) in [5, 5.41) is 2.99. The second kappa shape index (κ2) is 7.22. The van der Waals surface area contributed by atoms with Crippen molar-refractivity contribution in [1.29, 1.82) is 0 Å².